The predicted octanol–water partition coefficient (Wildman–Crippen LogP) is 3.98. The number of hydrogen-bond donors (Lipinski definition) is 2. The molecule has 1 fully saturated rings. The van der Waals surface area contributed by atoms with Crippen LogP contribution in [0.25, 0.3) is 0 Å². The van der Waals surface area contributed by atoms with Gasteiger partial charge in [-0.3, -0.25) is 4.79 Å². The first-order valence-electron chi connectivity index (χ1n) is 10.8. The van der Waals surface area contributed by atoms with Crippen LogP contribution in [0.2, 0.25) is 0 Å². The Kier molecular flexibility index (Phi) is 7.39. The smallest absolute Gasteiger partial charge is 0.255 e. The second-order valence-electron chi connectivity index (χ2n) is 7.77. The van der Waals surface area contributed by atoms with E-state index in [9.17, 15) is 13.2 Å². The molecule has 1 saturated heterocycles. The summed E-state index contributed by atoms with van der Waals surface area (Å²) in [4.78, 5) is 12.7. The third kappa shape index (κ3) is 6.41. The normalized spacial score (nSPS) is 15.8. The molecule has 0 aromatic heterocycles. The van der Waals surface area contributed by atoms with Gasteiger partial charge in [0.2, 0.25) is 10.0 Å². The van der Waals surface area contributed by atoms with Crippen LogP contribution in [0.5, 0.6) is 5.75 Å². The average Bonchev–Trinajstić information content (AvgIpc) is 3.37. The van der Waals surface area contributed by atoms with Gasteiger partial charge in [-0.1, -0.05) is 36.4 Å². The number of hydrogen-bond acceptors (Lipinski definition) is 5. The van der Waals surface area contributed by atoms with Gasteiger partial charge < -0.3 is 14.8 Å². The molecule has 33 heavy (non-hydrogen) atoms. The van der Waals surface area contributed by atoms with Gasteiger partial charge >= 0.3 is 0 Å². The van der Waals surface area contributed by atoms with Crippen LogP contribution in [-0.2, 0) is 21.4 Å². The van der Waals surface area contributed by atoms with Crippen molar-refractivity contribution in [3.05, 3.63) is 90.0 Å². The monoisotopic (exact) mass is 466 g/mol. The van der Waals surface area contributed by atoms with E-state index in [1.54, 1.807) is 36.4 Å². The van der Waals surface area contributed by atoms with Crippen molar-refractivity contribution in [3.8, 4) is 5.75 Å². The van der Waals surface area contributed by atoms with E-state index in [-0.39, 0.29) is 23.1 Å². The van der Waals surface area contributed by atoms with Gasteiger partial charge in [-0.25, -0.2) is 13.1 Å². The van der Waals surface area contributed by atoms with Gasteiger partial charge in [-0.15, -0.1) is 0 Å². The van der Waals surface area contributed by atoms with E-state index < -0.39 is 15.9 Å². The molecule has 8 heteroatoms. The summed E-state index contributed by atoms with van der Waals surface area (Å²) >= 11 is 0. The number of sulfonamides is 1. The first kappa shape index (κ1) is 23.0. The van der Waals surface area contributed by atoms with Crippen molar-refractivity contribution in [2.45, 2.75) is 30.4 Å². The lowest BCUT2D eigenvalue weighted by atomic mass is 10.2. The number of carbonyl (C=O) groups excluding carboxylic acids is 1. The molecule has 7 nitrogen and oxygen atoms in total. The number of ether oxygens (including phenoxy) is 2. The van der Waals surface area contributed by atoms with Gasteiger partial charge in [0.25, 0.3) is 5.91 Å². The quantitative estimate of drug-likeness (QED) is 0.498. The van der Waals surface area contributed by atoms with Crippen molar-refractivity contribution in [3.63, 3.8) is 0 Å². The van der Waals surface area contributed by atoms with Crippen LogP contribution in [0.4, 0.5) is 5.69 Å². The lowest BCUT2D eigenvalue weighted by Crippen LogP contribution is -2.32. The maximum atomic E-state index is 12.7. The van der Waals surface area contributed by atoms with Crippen molar-refractivity contribution < 1.29 is 22.7 Å². The van der Waals surface area contributed by atoms with Gasteiger partial charge in [-0.05, 0) is 60.9 Å². The van der Waals surface area contributed by atoms with Gasteiger partial charge in [0.1, 0.15) is 12.4 Å². The zero-order valence-corrected chi connectivity index (χ0v) is 18.9. The van der Waals surface area contributed by atoms with Crippen LogP contribution in [0, 0.1) is 0 Å². The molecule has 2 N–H and O–H groups in total. The molecular weight excluding hydrogens is 440 g/mol. The number of benzene rings is 3. The van der Waals surface area contributed by atoms with Crippen LogP contribution >= 0.6 is 0 Å². The number of nitrogens with one attached hydrogen (secondary N) is 2. The third-order valence-electron chi connectivity index (χ3n) is 5.29. The first-order chi connectivity index (χ1) is 16.0. The topological polar surface area (TPSA) is 93.7 Å². The fraction of sp³-hybridized carbons (Fsp3) is 0.240. The minimum Gasteiger partial charge on any atom is -0.489 e. The summed E-state index contributed by atoms with van der Waals surface area (Å²) in [6, 6.07) is 22.8. The number of amides is 1. The van der Waals surface area contributed by atoms with Gasteiger partial charge in [0.05, 0.1) is 11.0 Å². The van der Waals surface area contributed by atoms with Crippen molar-refractivity contribution in [2.75, 3.05) is 18.5 Å². The Hall–Kier alpha value is -3.20. The standard InChI is InChI=1S/C25H26N2O5S/c28-25(27-21-11-13-22(14-12-21)32-18-19-6-2-1-3-7-19)20-8-4-10-24(16-20)33(29,30)26-17-23-9-5-15-31-23/h1-4,6-8,10-14,16,23,26H,5,9,15,17-18H2,(H,27,28)/t23-/m0/s1. The molecule has 0 radical (unpaired) electrons. The molecule has 1 atom stereocenters. The summed E-state index contributed by atoms with van der Waals surface area (Å²) in [7, 11) is -3.74. The van der Waals surface area contributed by atoms with Crippen molar-refractivity contribution >= 4 is 21.6 Å². The molecule has 3 aromatic rings. The first-order valence-corrected chi connectivity index (χ1v) is 12.3. The summed E-state index contributed by atoms with van der Waals surface area (Å²) in [5.74, 6) is 0.284. The minimum atomic E-state index is -3.74. The van der Waals surface area contributed by atoms with Crippen molar-refractivity contribution in [1.29, 1.82) is 0 Å². The lowest BCUT2D eigenvalue weighted by molar-refractivity contribution is 0.102. The highest BCUT2D eigenvalue weighted by atomic mass is 32.2. The van der Waals surface area contributed by atoms with E-state index in [0.717, 1.165) is 18.4 Å². The molecule has 3 aromatic carbocycles. The highest BCUT2D eigenvalue weighted by Gasteiger charge is 2.21. The SMILES string of the molecule is O=C(Nc1ccc(OCc2ccccc2)cc1)c1cccc(S(=O)(=O)NC[C@@H]2CCCO2)c1. The van der Waals surface area contributed by atoms with Gasteiger partial charge in [0.15, 0.2) is 0 Å². The highest BCUT2D eigenvalue weighted by Crippen LogP contribution is 2.19. The Morgan fingerprint density at radius 2 is 1.79 bits per heavy atom. The Balaban J connectivity index is 1.35. The second kappa shape index (κ2) is 10.6. The minimum absolute atomic E-state index is 0.0396. The molecule has 172 valence electrons. The van der Waals surface area contributed by atoms with Crippen LogP contribution in [-0.4, -0.2) is 33.6 Å². The Bertz CT molecular complexity index is 1170. The average molecular weight is 467 g/mol. The summed E-state index contributed by atoms with van der Waals surface area (Å²) < 4.78 is 39.0. The molecule has 1 aliphatic heterocycles. The second-order valence-corrected chi connectivity index (χ2v) is 9.53. The van der Waals surface area contributed by atoms with E-state index >= 15 is 0 Å². The van der Waals surface area contributed by atoms with Gasteiger partial charge in [0, 0.05) is 24.4 Å². The van der Waals surface area contributed by atoms with Crippen molar-refractivity contribution in [1.82, 2.24) is 4.72 Å². The fourth-order valence-corrected chi connectivity index (χ4v) is 4.59. The zero-order valence-electron chi connectivity index (χ0n) is 18.1. The maximum Gasteiger partial charge on any atom is 0.255 e. The Morgan fingerprint density at radius 3 is 2.52 bits per heavy atom. The largest absolute Gasteiger partial charge is 0.489 e. The predicted molar refractivity (Wildman–Crippen MR) is 126 cm³/mol. The Morgan fingerprint density at radius 1 is 1.00 bits per heavy atom. The van der Waals surface area contributed by atoms with Crippen LogP contribution in [0.1, 0.15) is 28.8 Å². The summed E-state index contributed by atoms with van der Waals surface area (Å²) in [5.41, 5.74) is 1.89. The fourth-order valence-electron chi connectivity index (χ4n) is 3.47. The zero-order chi connectivity index (χ0) is 23.1. The van der Waals surface area contributed by atoms with E-state index in [1.807, 2.05) is 30.3 Å². The van der Waals surface area contributed by atoms with E-state index in [0.29, 0.717) is 24.7 Å². The molecule has 4 rings (SSSR count). The summed E-state index contributed by atoms with van der Waals surface area (Å²) in [6.45, 7) is 1.33. The van der Waals surface area contributed by atoms with Crippen LogP contribution in [0.15, 0.2) is 83.8 Å². The highest BCUT2D eigenvalue weighted by molar-refractivity contribution is 7.89. The Labute approximate surface area is 193 Å². The lowest BCUT2D eigenvalue weighted by Gasteiger charge is -2.12. The van der Waals surface area contributed by atoms with Crippen LogP contribution in [0.3, 0.4) is 0 Å². The molecule has 0 unspecified atom stereocenters. The van der Waals surface area contributed by atoms with Crippen molar-refractivity contribution in [2.24, 2.45) is 0 Å². The molecule has 0 bridgehead atoms. The molecule has 0 spiro atoms. The van der Waals surface area contributed by atoms with E-state index in [1.165, 1.54) is 12.1 Å². The molecule has 1 heterocycles. The summed E-state index contributed by atoms with van der Waals surface area (Å²) in [6.07, 6.45) is 1.66. The van der Waals surface area contributed by atoms with Crippen LogP contribution < -0.4 is 14.8 Å². The van der Waals surface area contributed by atoms with E-state index in [2.05, 4.69) is 10.0 Å². The number of anilines is 1. The molecule has 1 aliphatic rings. The number of rotatable bonds is 9. The maximum absolute atomic E-state index is 12.7. The molecule has 0 aliphatic carbocycles. The van der Waals surface area contributed by atoms with E-state index in [4.69, 9.17) is 9.47 Å². The van der Waals surface area contributed by atoms with Gasteiger partial charge in [-0.2, -0.15) is 0 Å². The number of carbonyl (C=O) groups is 1. The molecule has 0 saturated carbocycles. The molecular formula is C25H26N2O5S. The molecule has 1 amide bonds. The summed E-state index contributed by atoms with van der Waals surface area (Å²) in [5, 5.41) is 2.78. The third-order valence-corrected chi connectivity index (χ3v) is 6.71.